The van der Waals surface area contributed by atoms with Crippen molar-refractivity contribution in [3.63, 3.8) is 0 Å². The number of ether oxygens (including phenoxy) is 2. The number of anilines is 1. The van der Waals surface area contributed by atoms with Crippen LogP contribution in [0.15, 0.2) is 152 Å². The maximum atomic E-state index is 14.4. The summed E-state index contributed by atoms with van der Waals surface area (Å²) in [7, 11) is 1.64. The first kappa shape index (κ1) is 28.6. The Morgan fingerprint density at radius 2 is 1.27 bits per heavy atom. The number of hydrogen-bond acceptors (Lipinski definition) is 3. The van der Waals surface area contributed by atoms with E-state index in [4.69, 9.17) is 9.47 Å². The molecule has 44 heavy (non-hydrogen) atoms. The van der Waals surface area contributed by atoms with Crippen molar-refractivity contribution in [2.75, 3.05) is 12.4 Å². The molecule has 6 rings (SSSR count). The van der Waals surface area contributed by atoms with Crippen LogP contribution >= 0.6 is 0 Å². The van der Waals surface area contributed by atoms with Gasteiger partial charge in [-0.25, -0.2) is 4.79 Å². The highest BCUT2D eigenvalue weighted by Crippen LogP contribution is 2.34. The molecule has 0 aliphatic rings. The molecule has 1 N–H and O–H groups in total. The number of nitrogens with one attached hydrogen (secondary N) is 1. The normalized spacial score (nSPS) is 10.9. The Morgan fingerprint density at radius 3 is 1.95 bits per heavy atom. The van der Waals surface area contributed by atoms with Gasteiger partial charge < -0.3 is 19.7 Å². The van der Waals surface area contributed by atoms with Crippen LogP contribution in [0, 0.1) is 0 Å². The molecule has 0 atom stereocenters. The van der Waals surface area contributed by atoms with Gasteiger partial charge in [0.2, 0.25) is 0 Å². The highest BCUT2D eigenvalue weighted by Gasteiger charge is 2.28. The van der Waals surface area contributed by atoms with E-state index in [1.54, 1.807) is 7.11 Å². The fourth-order valence-corrected chi connectivity index (χ4v) is 5.49. The van der Waals surface area contributed by atoms with Gasteiger partial charge in [-0.05, 0) is 45.8 Å². The number of urea groups is 1. The van der Waals surface area contributed by atoms with E-state index in [0.29, 0.717) is 24.7 Å². The molecule has 0 unspecified atom stereocenters. The van der Waals surface area contributed by atoms with E-state index < -0.39 is 0 Å². The van der Waals surface area contributed by atoms with Crippen LogP contribution in [0.4, 0.5) is 10.5 Å². The molecule has 0 saturated heterocycles. The summed E-state index contributed by atoms with van der Waals surface area (Å²) in [5, 5.41) is 5.29. The molecule has 0 bridgehead atoms. The number of rotatable bonds is 10. The van der Waals surface area contributed by atoms with Gasteiger partial charge in [0.25, 0.3) is 0 Å². The number of carbonyl (C=O) groups excluding carboxylic acids is 1. The quantitative estimate of drug-likeness (QED) is 0.176. The third kappa shape index (κ3) is 6.58. The van der Waals surface area contributed by atoms with Crippen LogP contribution in [0.1, 0.15) is 28.3 Å². The van der Waals surface area contributed by atoms with Gasteiger partial charge in [0.1, 0.15) is 6.61 Å². The van der Waals surface area contributed by atoms with E-state index in [2.05, 4.69) is 29.6 Å². The lowest BCUT2D eigenvalue weighted by Crippen LogP contribution is -2.38. The first-order valence-corrected chi connectivity index (χ1v) is 14.7. The molecule has 0 radical (unpaired) electrons. The van der Waals surface area contributed by atoms with Crippen LogP contribution < -0.4 is 14.8 Å². The van der Waals surface area contributed by atoms with E-state index in [9.17, 15) is 4.79 Å². The Bertz CT molecular complexity index is 1780. The molecule has 0 saturated carbocycles. The maximum absolute atomic E-state index is 14.4. The lowest BCUT2D eigenvalue weighted by molar-refractivity contribution is 0.194. The number of methoxy groups -OCH3 is 1. The number of nitrogens with zero attached hydrogens (tertiary/aromatic N) is 1. The van der Waals surface area contributed by atoms with Gasteiger partial charge in [0.15, 0.2) is 11.5 Å². The number of benzene rings is 6. The predicted octanol–water partition coefficient (Wildman–Crippen LogP) is 9.25. The average Bonchev–Trinajstić information content (AvgIpc) is 3.09. The zero-order chi connectivity index (χ0) is 30.1. The summed E-state index contributed by atoms with van der Waals surface area (Å²) in [6.07, 6.45) is 0. The summed E-state index contributed by atoms with van der Waals surface area (Å²) < 4.78 is 11.9. The Labute approximate surface area is 258 Å². The van der Waals surface area contributed by atoms with Crippen molar-refractivity contribution in [2.45, 2.75) is 19.2 Å². The predicted molar refractivity (Wildman–Crippen MR) is 177 cm³/mol. The van der Waals surface area contributed by atoms with E-state index in [1.165, 1.54) is 0 Å². The van der Waals surface area contributed by atoms with Crippen LogP contribution in [0.3, 0.4) is 0 Å². The standard InChI is InChI=1S/C39H34N2O3/c1-43-37-26-30(24-25-36(37)44-28-29-14-5-2-6-15-29)27-41(38(32-17-7-3-8-18-32)33-19-9-4-10-20-33)39(42)40-35-23-13-21-31-16-11-12-22-34(31)35/h2-26,38H,27-28H2,1H3,(H,40,42). The topological polar surface area (TPSA) is 50.8 Å². The van der Waals surface area contributed by atoms with Crippen molar-refractivity contribution >= 4 is 22.5 Å². The third-order valence-electron chi connectivity index (χ3n) is 7.65. The number of amides is 2. The van der Waals surface area contributed by atoms with E-state index in [0.717, 1.165) is 38.7 Å². The second-order valence-corrected chi connectivity index (χ2v) is 10.6. The van der Waals surface area contributed by atoms with Gasteiger partial charge in [-0.1, -0.05) is 133 Å². The van der Waals surface area contributed by atoms with Gasteiger partial charge in [0, 0.05) is 11.9 Å². The molecule has 5 nitrogen and oxygen atoms in total. The van der Waals surface area contributed by atoms with Crippen molar-refractivity contribution in [2.24, 2.45) is 0 Å². The van der Waals surface area contributed by atoms with Crippen LogP contribution in [-0.4, -0.2) is 18.0 Å². The lowest BCUT2D eigenvalue weighted by atomic mass is 9.96. The van der Waals surface area contributed by atoms with Crippen LogP contribution in [0.2, 0.25) is 0 Å². The summed E-state index contributed by atoms with van der Waals surface area (Å²) in [5.41, 5.74) is 4.78. The van der Waals surface area contributed by atoms with Crippen molar-refractivity contribution < 1.29 is 14.3 Å². The summed E-state index contributed by atoms with van der Waals surface area (Å²) >= 11 is 0. The molecule has 0 heterocycles. The molecule has 0 aliphatic heterocycles. The minimum Gasteiger partial charge on any atom is -0.493 e. The molecule has 0 spiro atoms. The van der Waals surface area contributed by atoms with Gasteiger partial charge in [0.05, 0.1) is 18.8 Å². The Kier molecular flexibility index (Phi) is 8.84. The number of fused-ring (bicyclic) bond motifs is 1. The summed E-state index contributed by atoms with van der Waals surface area (Å²) in [6, 6.07) is 49.6. The minimum atomic E-state index is -0.340. The summed E-state index contributed by atoms with van der Waals surface area (Å²) in [5.74, 6) is 1.26. The van der Waals surface area contributed by atoms with E-state index >= 15 is 0 Å². The van der Waals surface area contributed by atoms with Crippen LogP contribution in [-0.2, 0) is 13.2 Å². The molecule has 2 amide bonds. The maximum Gasteiger partial charge on any atom is 0.322 e. The molecule has 0 aromatic heterocycles. The highest BCUT2D eigenvalue weighted by molar-refractivity contribution is 6.01. The van der Waals surface area contributed by atoms with Gasteiger partial charge in [-0.2, -0.15) is 0 Å². The molecule has 0 aliphatic carbocycles. The zero-order valence-electron chi connectivity index (χ0n) is 24.6. The first-order chi connectivity index (χ1) is 21.7. The molecule has 6 aromatic rings. The highest BCUT2D eigenvalue weighted by atomic mass is 16.5. The van der Waals surface area contributed by atoms with Gasteiger partial charge in [-0.3, -0.25) is 0 Å². The SMILES string of the molecule is COc1cc(CN(C(=O)Nc2cccc3ccccc23)C(c2ccccc2)c2ccccc2)ccc1OCc1ccccc1. The minimum absolute atomic E-state index is 0.206. The molecule has 218 valence electrons. The second-order valence-electron chi connectivity index (χ2n) is 10.6. The summed E-state index contributed by atoms with van der Waals surface area (Å²) in [4.78, 5) is 16.3. The van der Waals surface area contributed by atoms with E-state index in [1.807, 2.05) is 132 Å². The van der Waals surface area contributed by atoms with Crippen molar-refractivity contribution in [1.82, 2.24) is 4.90 Å². The molecule has 5 heteroatoms. The Morgan fingerprint density at radius 1 is 0.659 bits per heavy atom. The fourth-order valence-electron chi connectivity index (χ4n) is 5.49. The summed E-state index contributed by atoms with van der Waals surface area (Å²) in [6.45, 7) is 0.764. The van der Waals surface area contributed by atoms with Crippen molar-refractivity contribution in [3.8, 4) is 11.5 Å². The van der Waals surface area contributed by atoms with Crippen LogP contribution in [0.5, 0.6) is 11.5 Å². The Balaban J connectivity index is 1.36. The van der Waals surface area contributed by atoms with E-state index in [-0.39, 0.29) is 12.1 Å². The largest absolute Gasteiger partial charge is 0.493 e. The molecular weight excluding hydrogens is 544 g/mol. The lowest BCUT2D eigenvalue weighted by Gasteiger charge is -2.33. The second kappa shape index (κ2) is 13.6. The zero-order valence-corrected chi connectivity index (χ0v) is 24.6. The molecule has 0 fully saturated rings. The van der Waals surface area contributed by atoms with Gasteiger partial charge >= 0.3 is 6.03 Å². The fraction of sp³-hybridized carbons (Fsp3) is 0.103. The van der Waals surface area contributed by atoms with Crippen molar-refractivity contribution in [1.29, 1.82) is 0 Å². The van der Waals surface area contributed by atoms with Gasteiger partial charge in [-0.15, -0.1) is 0 Å². The first-order valence-electron chi connectivity index (χ1n) is 14.7. The average molecular weight is 579 g/mol. The molecular formula is C39H34N2O3. The van der Waals surface area contributed by atoms with Crippen molar-refractivity contribution in [3.05, 3.63) is 174 Å². The van der Waals surface area contributed by atoms with Crippen LogP contribution in [0.25, 0.3) is 10.8 Å². The molecule has 6 aromatic carbocycles. The third-order valence-corrected chi connectivity index (χ3v) is 7.65. The Hall–Kier alpha value is -5.55. The number of hydrogen-bond donors (Lipinski definition) is 1. The smallest absolute Gasteiger partial charge is 0.322 e. The monoisotopic (exact) mass is 578 g/mol. The number of carbonyl (C=O) groups is 1.